The van der Waals surface area contributed by atoms with Gasteiger partial charge in [0, 0.05) is 5.41 Å². The van der Waals surface area contributed by atoms with Gasteiger partial charge in [0.1, 0.15) is 22.8 Å². The van der Waals surface area contributed by atoms with Crippen LogP contribution >= 0.6 is 0 Å². The van der Waals surface area contributed by atoms with Gasteiger partial charge >= 0.3 is 0 Å². The first-order chi connectivity index (χ1) is 18.6. The summed E-state index contributed by atoms with van der Waals surface area (Å²) >= 11 is 0. The van der Waals surface area contributed by atoms with Crippen molar-refractivity contribution in [1.29, 1.82) is 0 Å². The normalized spacial score (nSPS) is 15.1. The standard InChI is InChI=1S/C34H34O4S/c1-5-34(4,6-2)38-29-13-9-24(10-14-29)23-7-11-27(12-8-23)37-28-15-17-30(18-16-28)39(35,36)31-19-25-21-33(3)22-26(20-31)32(25)33/h7-20H,5-6,21-22H2,1-4H3. The van der Waals surface area contributed by atoms with Crippen LogP contribution in [0.5, 0.6) is 17.2 Å². The summed E-state index contributed by atoms with van der Waals surface area (Å²) in [7, 11) is -3.57. The minimum Gasteiger partial charge on any atom is -0.488 e. The lowest BCUT2D eigenvalue weighted by Crippen LogP contribution is -2.47. The maximum Gasteiger partial charge on any atom is 0.206 e. The predicted molar refractivity (Wildman–Crippen MR) is 155 cm³/mol. The molecule has 0 N–H and O–H groups in total. The lowest BCUT2D eigenvalue weighted by molar-refractivity contribution is 0.0803. The van der Waals surface area contributed by atoms with E-state index in [1.165, 1.54) is 16.7 Å². The SMILES string of the molecule is CCC(C)(CC)Oc1ccc(-c2ccc(Oc3ccc(S(=O)(=O)c4cc5c6c(c4)CC6(C)C5)cc3)cc2)cc1. The molecule has 0 amide bonds. The van der Waals surface area contributed by atoms with E-state index in [2.05, 4.69) is 39.8 Å². The molecule has 0 spiro atoms. The Kier molecular flexibility index (Phi) is 6.11. The molecular formula is C34H34O4S. The number of hydrogen-bond donors (Lipinski definition) is 0. The highest BCUT2D eigenvalue weighted by atomic mass is 32.2. The van der Waals surface area contributed by atoms with Gasteiger partial charge in [-0.25, -0.2) is 8.42 Å². The first kappa shape index (κ1) is 25.7. The van der Waals surface area contributed by atoms with E-state index < -0.39 is 9.84 Å². The highest BCUT2D eigenvalue weighted by Gasteiger charge is 2.48. The van der Waals surface area contributed by atoms with Gasteiger partial charge in [0.15, 0.2) is 0 Å². The predicted octanol–water partition coefficient (Wildman–Crippen LogP) is 8.31. The minimum absolute atomic E-state index is 0.148. The second-order valence-electron chi connectivity index (χ2n) is 11.4. The third kappa shape index (κ3) is 4.53. The largest absolute Gasteiger partial charge is 0.488 e. The van der Waals surface area contributed by atoms with Gasteiger partial charge < -0.3 is 9.47 Å². The summed E-state index contributed by atoms with van der Waals surface area (Å²) in [5.74, 6) is 2.16. The number of benzene rings is 4. The molecule has 2 aliphatic carbocycles. The van der Waals surface area contributed by atoms with Crippen LogP contribution in [0.3, 0.4) is 0 Å². The number of sulfone groups is 1. The highest BCUT2D eigenvalue weighted by molar-refractivity contribution is 7.91. The van der Waals surface area contributed by atoms with Crippen molar-refractivity contribution >= 4 is 9.84 Å². The Bertz CT molecular complexity index is 1600. The van der Waals surface area contributed by atoms with E-state index in [0.717, 1.165) is 42.6 Å². The summed E-state index contributed by atoms with van der Waals surface area (Å²) in [6.45, 7) is 8.69. The molecule has 0 radical (unpaired) electrons. The van der Waals surface area contributed by atoms with Gasteiger partial charge in [0.25, 0.3) is 0 Å². The molecule has 0 atom stereocenters. The Hall–Kier alpha value is -3.57. The van der Waals surface area contributed by atoms with E-state index in [1.54, 1.807) is 24.3 Å². The Morgan fingerprint density at radius 2 is 1.18 bits per heavy atom. The van der Waals surface area contributed by atoms with Crippen LogP contribution in [0.25, 0.3) is 11.1 Å². The average Bonchev–Trinajstić information content (AvgIpc) is 2.92. The van der Waals surface area contributed by atoms with Crippen LogP contribution in [-0.2, 0) is 28.1 Å². The van der Waals surface area contributed by atoms with Crippen LogP contribution in [-0.4, -0.2) is 14.0 Å². The van der Waals surface area contributed by atoms with Crippen LogP contribution in [0, 0.1) is 0 Å². The van der Waals surface area contributed by atoms with Crippen LogP contribution in [0.2, 0.25) is 0 Å². The summed E-state index contributed by atoms with van der Waals surface area (Å²) in [4.78, 5) is 0.677. The summed E-state index contributed by atoms with van der Waals surface area (Å²) in [6.07, 6.45) is 3.86. The first-order valence-corrected chi connectivity index (χ1v) is 15.2. The molecule has 0 fully saturated rings. The van der Waals surface area contributed by atoms with Crippen molar-refractivity contribution in [3.63, 3.8) is 0 Å². The molecule has 200 valence electrons. The lowest BCUT2D eigenvalue weighted by atomic mass is 9.52. The molecular weight excluding hydrogens is 504 g/mol. The lowest BCUT2D eigenvalue weighted by Gasteiger charge is -2.51. The first-order valence-electron chi connectivity index (χ1n) is 13.7. The van der Waals surface area contributed by atoms with E-state index in [4.69, 9.17) is 9.47 Å². The fraction of sp³-hybridized carbons (Fsp3) is 0.294. The Balaban J connectivity index is 1.12. The molecule has 4 aromatic rings. The van der Waals surface area contributed by atoms with Gasteiger partial charge in [0.05, 0.1) is 9.79 Å². The van der Waals surface area contributed by atoms with Crippen LogP contribution in [0.15, 0.2) is 94.7 Å². The molecule has 0 saturated heterocycles. The molecule has 2 aliphatic rings. The van der Waals surface area contributed by atoms with Gasteiger partial charge in [-0.05, 0) is 121 Å². The molecule has 0 unspecified atom stereocenters. The second-order valence-corrected chi connectivity index (χ2v) is 13.4. The van der Waals surface area contributed by atoms with E-state index in [1.807, 2.05) is 48.5 Å². The summed E-state index contributed by atoms with van der Waals surface area (Å²) in [5, 5.41) is 0. The third-order valence-corrected chi connectivity index (χ3v) is 10.4. The maximum atomic E-state index is 13.3. The van der Waals surface area contributed by atoms with Gasteiger partial charge in [-0.1, -0.05) is 45.0 Å². The van der Waals surface area contributed by atoms with Crippen molar-refractivity contribution in [2.45, 2.75) is 74.2 Å². The maximum absolute atomic E-state index is 13.3. The molecule has 0 aliphatic heterocycles. The smallest absolute Gasteiger partial charge is 0.206 e. The Morgan fingerprint density at radius 1 is 0.718 bits per heavy atom. The van der Waals surface area contributed by atoms with E-state index in [0.29, 0.717) is 16.4 Å². The monoisotopic (exact) mass is 538 g/mol. The quantitative estimate of drug-likeness (QED) is 0.215. The molecule has 6 rings (SSSR count). The van der Waals surface area contributed by atoms with E-state index in [9.17, 15) is 8.42 Å². The van der Waals surface area contributed by atoms with Crippen molar-refractivity contribution in [2.75, 3.05) is 0 Å². The van der Waals surface area contributed by atoms with Gasteiger partial charge in [-0.2, -0.15) is 0 Å². The fourth-order valence-electron chi connectivity index (χ4n) is 5.88. The minimum atomic E-state index is -3.57. The van der Waals surface area contributed by atoms with Gasteiger partial charge in [0.2, 0.25) is 9.84 Å². The van der Waals surface area contributed by atoms with Crippen LogP contribution in [0.4, 0.5) is 0 Å². The summed E-state index contributed by atoms with van der Waals surface area (Å²) in [6, 6.07) is 26.4. The van der Waals surface area contributed by atoms with Crippen molar-refractivity contribution in [1.82, 2.24) is 0 Å². The fourth-order valence-corrected chi connectivity index (χ4v) is 7.24. The Morgan fingerprint density at radius 3 is 1.64 bits per heavy atom. The summed E-state index contributed by atoms with van der Waals surface area (Å²) < 4.78 is 38.8. The molecule has 39 heavy (non-hydrogen) atoms. The molecule has 0 saturated carbocycles. The van der Waals surface area contributed by atoms with Crippen molar-refractivity contribution in [2.24, 2.45) is 0 Å². The van der Waals surface area contributed by atoms with Crippen molar-refractivity contribution < 1.29 is 17.9 Å². The Labute approximate surface area is 231 Å². The van der Waals surface area contributed by atoms with Gasteiger partial charge in [-0.15, -0.1) is 0 Å². The van der Waals surface area contributed by atoms with E-state index >= 15 is 0 Å². The topological polar surface area (TPSA) is 52.6 Å². The van der Waals surface area contributed by atoms with Crippen molar-refractivity contribution in [3.8, 4) is 28.4 Å². The second kappa shape index (κ2) is 9.27. The molecule has 0 aromatic heterocycles. The van der Waals surface area contributed by atoms with Crippen LogP contribution in [0.1, 0.15) is 57.2 Å². The summed E-state index contributed by atoms with van der Waals surface area (Å²) in [5.41, 5.74) is 6.05. The number of hydrogen-bond acceptors (Lipinski definition) is 4. The van der Waals surface area contributed by atoms with Crippen LogP contribution < -0.4 is 9.47 Å². The zero-order chi connectivity index (χ0) is 27.4. The third-order valence-electron chi connectivity index (χ3n) is 8.62. The molecule has 5 heteroatoms. The van der Waals surface area contributed by atoms with E-state index in [-0.39, 0.29) is 15.9 Å². The molecule has 4 nitrogen and oxygen atoms in total. The zero-order valence-corrected chi connectivity index (χ0v) is 23.8. The highest BCUT2D eigenvalue weighted by Crippen LogP contribution is 2.54. The van der Waals surface area contributed by atoms with Gasteiger partial charge in [-0.3, -0.25) is 0 Å². The number of rotatable bonds is 9. The zero-order valence-electron chi connectivity index (χ0n) is 23.0. The number of ether oxygens (including phenoxy) is 2. The molecule has 0 heterocycles. The van der Waals surface area contributed by atoms with Crippen molar-refractivity contribution in [3.05, 3.63) is 102 Å². The average molecular weight is 539 g/mol. The molecule has 0 bridgehead atoms. The molecule has 4 aromatic carbocycles.